The molecule has 0 bridgehead atoms. The fourth-order valence-corrected chi connectivity index (χ4v) is 3.24. The summed E-state index contributed by atoms with van der Waals surface area (Å²) in [6.07, 6.45) is 5.90. The van der Waals surface area contributed by atoms with Crippen LogP contribution in [0.5, 0.6) is 0 Å². The van der Waals surface area contributed by atoms with Gasteiger partial charge in [0.25, 0.3) is 0 Å². The number of nitrogens with zero attached hydrogens (tertiary/aromatic N) is 4. The third kappa shape index (κ3) is 2.96. The van der Waals surface area contributed by atoms with Crippen molar-refractivity contribution in [2.24, 2.45) is 0 Å². The Morgan fingerprint density at radius 3 is 3.00 bits per heavy atom. The summed E-state index contributed by atoms with van der Waals surface area (Å²) >= 11 is 1.61. The van der Waals surface area contributed by atoms with Crippen molar-refractivity contribution >= 4 is 11.8 Å². The van der Waals surface area contributed by atoms with E-state index in [9.17, 15) is 0 Å². The van der Waals surface area contributed by atoms with Crippen LogP contribution in [0.4, 0.5) is 0 Å². The van der Waals surface area contributed by atoms with Crippen molar-refractivity contribution in [3.8, 4) is 11.5 Å². The van der Waals surface area contributed by atoms with Crippen LogP contribution in [0.1, 0.15) is 30.3 Å². The molecule has 1 saturated carbocycles. The average molecular weight is 328 g/mol. The smallest absolute Gasteiger partial charge is 0.202 e. The third-order valence-electron chi connectivity index (χ3n) is 3.67. The van der Waals surface area contributed by atoms with E-state index in [1.54, 1.807) is 18.0 Å². The molecule has 3 aromatic heterocycles. The molecule has 0 aromatic carbocycles. The lowest BCUT2D eigenvalue weighted by Gasteiger charge is -2.05. The lowest BCUT2D eigenvalue weighted by molar-refractivity contribution is 0.413. The predicted octanol–water partition coefficient (Wildman–Crippen LogP) is 3.88. The maximum absolute atomic E-state index is 5.31. The summed E-state index contributed by atoms with van der Waals surface area (Å²) in [5.41, 5.74) is 0.850. The molecule has 0 radical (unpaired) electrons. The van der Waals surface area contributed by atoms with Gasteiger partial charge in [-0.1, -0.05) is 23.0 Å². The summed E-state index contributed by atoms with van der Waals surface area (Å²) in [5.74, 6) is 3.62. The molecule has 0 amide bonds. The van der Waals surface area contributed by atoms with Crippen LogP contribution in [0.25, 0.3) is 11.5 Å². The molecule has 118 valence electrons. The minimum absolute atomic E-state index is 0.564. The molecule has 23 heavy (non-hydrogen) atoms. The first-order valence-corrected chi connectivity index (χ1v) is 8.50. The Morgan fingerprint density at radius 2 is 2.26 bits per heavy atom. The molecule has 4 rings (SSSR count). The zero-order chi connectivity index (χ0) is 15.6. The fraction of sp³-hybridized carbons (Fsp3) is 0.312. The van der Waals surface area contributed by atoms with Crippen molar-refractivity contribution in [3.63, 3.8) is 0 Å². The Kier molecular flexibility index (Phi) is 3.78. The first kappa shape index (κ1) is 14.3. The van der Waals surface area contributed by atoms with E-state index in [-0.39, 0.29) is 0 Å². The number of allylic oxidation sites excluding steroid dienone is 1. The highest BCUT2D eigenvalue weighted by atomic mass is 32.2. The first-order chi connectivity index (χ1) is 11.3. The topological polar surface area (TPSA) is 69.9 Å². The zero-order valence-electron chi connectivity index (χ0n) is 12.5. The molecule has 3 heterocycles. The molecule has 1 aliphatic carbocycles. The molecule has 1 aliphatic rings. The highest BCUT2D eigenvalue weighted by Gasteiger charge is 2.30. The Bertz CT molecular complexity index is 802. The number of thioether (sulfide) groups is 1. The van der Waals surface area contributed by atoms with E-state index >= 15 is 0 Å². The number of furan rings is 1. The van der Waals surface area contributed by atoms with Crippen LogP contribution in [-0.4, -0.2) is 19.9 Å². The molecule has 1 fully saturated rings. The summed E-state index contributed by atoms with van der Waals surface area (Å²) in [6, 6.07) is 5.56. The molecule has 7 heteroatoms. The lowest BCUT2D eigenvalue weighted by atomic mass is 10.3. The minimum atomic E-state index is 0.564. The van der Waals surface area contributed by atoms with Crippen molar-refractivity contribution in [1.82, 2.24) is 19.9 Å². The number of hydrogen-bond donors (Lipinski definition) is 0. The van der Waals surface area contributed by atoms with Gasteiger partial charge in [-0.25, -0.2) is 0 Å². The van der Waals surface area contributed by atoms with Gasteiger partial charge in [-0.2, -0.15) is 0 Å². The van der Waals surface area contributed by atoms with Gasteiger partial charge in [0, 0.05) is 24.3 Å². The highest BCUT2D eigenvalue weighted by molar-refractivity contribution is 7.98. The summed E-state index contributed by atoms with van der Waals surface area (Å²) in [4.78, 5) is 0. The van der Waals surface area contributed by atoms with E-state index in [1.165, 1.54) is 12.8 Å². The van der Waals surface area contributed by atoms with Crippen molar-refractivity contribution in [1.29, 1.82) is 0 Å². The average Bonchev–Trinajstić information content (AvgIpc) is 2.97. The molecule has 0 spiro atoms. The summed E-state index contributed by atoms with van der Waals surface area (Å²) in [7, 11) is 0. The Balaban J connectivity index is 1.47. The van der Waals surface area contributed by atoms with Gasteiger partial charge >= 0.3 is 0 Å². The van der Waals surface area contributed by atoms with Crippen molar-refractivity contribution in [2.45, 2.75) is 36.2 Å². The monoisotopic (exact) mass is 328 g/mol. The van der Waals surface area contributed by atoms with E-state index in [1.807, 2.05) is 24.3 Å². The Morgan fingerprint density at radius 1 is 1.35 bits per heavy atom. The Hall–Kier alpha value is -2.28. The first-order valence-electron chi connectivity index (χ1n) is 7.51. The van der Waals surface area contributed by atoms with Gasteiger partial charge < -0.3 is 13.5 Å². The second-order valence-electron chi connectivity index (χ2n) is 5.46. The van der Waals surface area contributed by atoms with E-state index in [4.69, 9.17) is 8.94 Å². The van der Waals surface area contributed by atoms with Crippen molar-refractivity contribution in [2.75, 3.05) is 0 Å². The summed E-state index contributed by atoms with van der Waals surface area (Å²) in [6.45, 7) is 4.56. The molecule has 6 nitrogen and oxygen atoms in total. The number of hydrogen-bond acceptors (Lipinski definition) is 6. The van der Waals surface area contributed by atoms with Gasteiger partial charge in [-0.3, -0.25) is 0 Å². The standard InChI is InChI=1S/C16H16N4O2S/c1-2-7-20-15(11-5-6-11)17-18-16(20)23-10-12-9-14(22-19-12)13-4-3-8-21-13/h2-4,8-9,11H,1,5-7,10H2. The summed E-state index contributed by atoms with van der Waals surface area (Å²) < 4.78 is 12.8. The van der Waals surface area contributed by atoms with Gasteiger partial charge in [0.05, 0.1) is 12.0 Å². The van der Waals surface area contributed by atoms with E-state index in [0.29, 0.717) is 23.2 Å². The molecule has 0 aliphatic heterocycles. The molecular weight excluding hydrogens is 312 g/mol. The molecule has 0 atom stereocenters. The van der Waals surface area contributed by atoms with E-state index in [2.05, 4.69) is 26.5 Å². The van der Waals surface area contributed by atoms with Crippen molar-refractivity contribution < 1.29 is 8.94 Å². The van der Waals surface area contributed by atoms with E-state index < -0.39 is 0 Å². The minimum Gasteiger partial charge on any atom is -0.461 e. The molecule has 3 aromatic rings. The lowest BCUT2D eigenvalue weighted by Crippen LogP contribution is -2.02. The molecule has 0 N–H and O–H groups in total. The molecular formula is C16H16N4O2S. The van der Waals surface area contributed by atoms with Gasteiger partial charge in [-0.15, -0.1) is 16.8 Å². The van der Waals surface area contributed by atoms with E-state index in [0.717, 1.165) is 23.2 Å². The number of rotatable bonds is 7. The van der Waals surface area contributed by atoms with Crippen LogP contribution < -0.4 is 0 Å². The van der Waals surface area contributed by atoms with Gasteiger partial charge in [0.15, 0.2) is 10.9 Å². The number of aromatic nitrogens is 4. The zero-order valence-corrected chi connectivity index (χ0v) is 13.3. The highest BCUT2D eigenvalue weighted by Crippen LogP contribution is 2.40. The SMILES string of the molecule is C=CCn1c(SCc2cc(-c3ccco3)on2)nnc1C1CC1. The van der Waals surface area contributed by atoms with Crippen molar-refractivity contribution in [3.05, 3.63) is 48.6 Å². The van der Waals surface area contributed by atoms with Crippen LogP contribution in [0.2, 0.25) is 0 Å². The maximum Gasteiger partial charge on any atom is 0.202 e. The van der Waals surface area contributed by atoms with Crippen LogP contribution in [0, 0.1) is 0 Å². The maximum atomic E-state index is 5.31. The van der Waals surface area contributed by atoms with Gasteiger partial charge in [0.2, 0.25) is 5.76 Å². The largest absolute Gasteiger partial charge is 0.461 e. The second-order valence-corrected chi connectivity index (χ2v) is 6.41. The molecule has 0 unspecified atom stereocenters. The van der Waals surface area contributed by atoms with Crippen LogP contribution >= 0.6 is 11.8 Å². The predicted molar refractivity (Wildman–Crippen MR) is 86.0 cm³/mol. The fourth-order valence-electron chi connectivity index (χ4n) is 2.40. The molecule has 0 saturated heterocycles. The normalized spacial score (nSPS) is 14.3. The van der Waals surface area contributed by atoms with Crippen LogP contribution in [0.15, 0.2) is 51.2 Å². The van der Waals surface area contributed by atoms with Gasteiger partial charge in [-0.05, 0) is 25.0 Å². The van der Waals surface area contributed by atoms with Crippen LogP contribution in [0.3, 0.4) is 0 Å². The second kappa shape index (κ2) is 6.08. The van der Waals surface area contributed by atoms with Crippen LogP contribution in [-0.2, 0) is 12.3 Å². The summed E-state index contributed by atoms with van der Waals surface area (Å²) in [5, 5.41) is 13.6. The third-order valence-corrected chi connectivity index (χ3v) is 4.67. The van der Waals surface area contributed by atoms with Gasteiger partial charge in [0.1, 0.15) is 5.82 Å². The Labute approximate surface area is 137 Å². The quantitative estimate of drug-likeness (QED) is 0.484.